The molecule has 0 atom stereocenters. The molecule has 1 aliphatic rings. The SMILES string of the molecule is Cc1ccc(-c2oncc2C(=O)N2CCN(C(=O)c3ccco3)CC2)cc1. The molecule has 2 aromatic heterocycles. The highest BCUT2D eigenvalue weighted by Gasteiger charge is 2.29. The number of carbonyl (C=O) groups is 2. The van der Waals surface area contributed by atoms with E-state index in [-0.39, 0.29) is 11.8 Å². The summed E-state index contributed by atoms with van der Waals surface area (Å²) >= 11 is 0. The molecule has 0 unspecified atom stereocenters. The summed E-state index contributed by atoms with van der Waals surface area (Å²) in [5, 5.41) is 3.81. The number of amides is 2. The van der Waals surface area contributed by atoms with Gasteiger partial charge >= 0.3 is 0 Å². The smallest absolute Gasteiger partial charge is 0.289 e. The van der Waals surface area contributed by atoms with Crippen LogP contribution in [0, 0.1) is 6.92 Å². The molecular weight excluding hydrogens is 346 g/mol. The van der Waals surface area contributed by atoms with Crippen molar-refractivity contribution in [3.8, 4) is 11.3 Å². The highest BCUT2D eigenvalue weighted by atomic mass is 16.5. The van der Waals surface area contributed by atoms with Crippen molar-refractivity contribution in [3.05, 3.63) is 65.7 Å². The first-order valence-electron chi connectivity index (χ1n) is 8.77. The number of nitrogens with zero attached hydrogens (tertiary/aromatic N) is 3. The molecule has 0 spiro atoms. The van der Waals surface area contributed by atoms with Crippen molar-refractivity contribution in [1.29, 1.82) is 0 Å². The Bertz CT molecular complexity index is 936. The molecule has 0 N–H and O–H groups in total. The first kappa shape index (κ1) is 17.1. The van der Waals surface area contributed by atoms with Crippen LogP contribution in [-0.2, 0) is 0 Å². The molecule has 0 aliphatic carbocycles. The minimum Gasteiger partial charge on any atom is -0.459 e. The number of benzene rings is 1. The summed E-state index contributed by atoms with van der Waals surface area (Å²) in [6.45, 7) is 3.81. The molecule has 4 rings (SSSR count). The van der Waals surface area contributed by atoms with Crippen molar-refractivity contribution in [2.45, 2.75) is 6.92 Å². The number of carbonyl (C=O) groups excluding carboxylic acids is 2. The number of hydrogen-bond donors (Lipinski definition) is 0. The second-order valence-electron chi connectivity index (χ2n) is 6.50. The Labute approximate surface area is 156 Å². The van der Waals surface area contributed by atoms with E-state index in [4.69, 9.17) is 8.94 Å². The molecule has 1 fully saturated rings. The molecule has 1 saturated heterocycles. The van der Waals surface area contributed by atoms with Crippen LogP contribution < -0.4 is 0 Å². The second kappa shape index (κ2) is 7.11. The molecule has 0 radical (unpaired) electrons. The highest BCUT2D eigenvalue weighted by Crippen LogP contribution is 2.25. The Hall–Kier alpha value is -3.35. The molecule has 0 bridgehead atoms. The summed E-state index contributed by atoms with van der Waals surface area (Å²) < 4.78 is 10.5. The third-order valence-corrected chi connectivity index (χ3v) is 4.70. The van der Waals surface area contributed by atoms with E-state index in [1.54, 1.807) is 21.9 Å². The molecular formula is C20H19N3O4. The van der Waals surface area contributed by atoms with Gasteiger partial charge in [0.2, 0.25) is 0 Å². The molecule has 1 aliphatic heterocycles. The van der Waals surface area contributed by atoms with Crippen molar-refractivity contribution in [1.82, 2.24) is 15.0 Å². The number of aryl methyl sites for hydroxylation is 1. The van der Waals surface area contributed by atoms with Gasteiger partial charge in [0.05, 0.1) is 12.5 Å². The van der Waals surface area contributed by atoms with E-state index in [1.807, 2.05) is 31.2 Å². The van der Waals surface area contributed by atoms with Gasteiger partial charge in [-0.25, -0.2) is 0 Å². The largest absolute Gasteiger partial charge is 0.459 e. The summed E-state index contributed by atoms with van der Waals surface area (Å²) in [6.07, 6.45) is 2.93. The van der Waals surface area contributed by atoms with Gasteiger partial charge in [-0.2, -0.15) is 0 Å². The first-order chi connectivity index (χ1) is 13.1. The molecule has 3 heterocycles. The maximum atomic E-state index is 12.9. The fourth-order valence-corrected chi connectivity index (χ4v) is 3.14. The summed E-state index contributed by atoms with van der Waals surface area (Å²) in [5.74, 6) is 0.485. The Kier molecular flexibility index (Phi) is 4.50. The van der Waals surface area contributed by atoms with Crippen LogP contribution in [-0.4, -0.2) is 52.9 Å². The van der Waals surface area contributed by atoms with E-state index in [0.717, 1.165) is 11.1 Å². The highest BCUT2D eigenvalue weighted by molar-refractivity contribution is 5.99. The minimum absolute atomic E-state index is 0.142. The fourth-order valence-electron chi connectivity index (χ4n) is 3.14. The molecule has 138 valence electrons. The van der Waals surface area contributed by atoms with E-state index in [9.17, 15) is 9.59 Å². The standard InChI is InChI=1S/C20H19N3O4/c1-14-4-6-15(7-5-14)18-16(13-21-27-18)19(24)22-8-10-23(11-9-22)20(25)17-3-2-12-26-17/h2-7,12-13H,8-11H2,1H3. The van der Waals surface area contributed by atoms with E-state index in [2.05, 4.69) is 5.16 Å². The third kappa shape index (κ3) is 3.36. The average molecular weight is 365 g/mol. The molecule has 2 amide bonds. The van der Waals surface area contributed by atoms with Crippen molar-refractivity contribution < 1.29 is 18.5 Å². The number of rotatable bonds is 3. The summed E-state index contributed by atoms with van der Waals surface area (Å²) in [5.41, 5.74) is 2.38. The topological polar surface area (TPSA) is 79.8 Å². The minimum atomic E-state index is -0.155. The van der Waals surface area contributed by atoms with Gasteiger partial charge in [-0.3, -0.25) is 9.59 Å². The van der Waals surface area contributed by atoms with Crippen LogP contribution in [0.1, 0.15) is 26.5 Å². The lowest BCUT2D eigenvalue weighted by atomic mass is 10.1. The Morgan fingerprint density at radius 2 is 1.63 bits per heavy atom. The zero-order valence-electron chi connectivity index (χ0n) is 14.9. The lowest BCUT2D eigenvalue weighted by Crippen LogP contribution is -2.50. The van der Waals surface area contributed by atoms with Gasteiger partial charge in [0, 0.05) is 31.7 Å². The molecule has 27 heavy (non-hydrogen) atoms. The molecule has 7 heteroatoms. The van der Waals surface area contributed by atoms with Crippen molar-refractivity contribution in [2.75, 3.05) is 26.2 Å². The number of piperazine rings is 1. The summed E-state index contributed by atoms with van der Waals surface area (Å²) in [7, 11) is 0. The van der Waals surface area contributed by atoms with Crippen LogP contribution in [0.25, 0.3) is 11.3 Å². The van der Waals surface area contributed by atoms with Crippen LogP contribution >= 0.6 is 0 Å². The summed E-state index contributed by atoms with van der Waals surface area (Å²) in [4.78, 5) is 28.7. The Morgan fingerprint density at radius 3 is 2.26 bits per heavy atom. The molecule has 3 aromatic rings. The predicted octanol–water partition coefficient (Wildman–Crippen LogP) is 2.84. The Morgan fingerprint density at radius 1 is 0.963 bits per heavy atom. The van der Waals surface area contributed by atoms with E-state index < -0.39 is 0 Å². The molecule has 0 saturated carbocycles. The monoisotopic (exact) mass is 365 g/mol. The quantitative estimate of drug-likeness (QED) is 0.713. The van der Waals surface area contributed by atoms with Crippen LogP contribution in [0.4, 0.5) is 0 Å². The van der Waals surface area contributed by atoms with Gasteiger partial charge in [-0.1, -0.05) is 35.0 Å². The number of hydrogen-bond acceptors (Lipinski definition) is 5. The Balaban J connectivity index is 1.45. The van der Waals surface area contributed by atoms with E-state index in [1.165, 1.54) is 12.5 Å². The normalized spacial score (nSPS) is 14.4. The van der Waals surface area contributed by atoms with Crippen LogP contribution in [0.3, 0.4) is 0 Å². The van der Waals surface area contributed by atoms with Crippen LogP contribution in [0.5, 0.6) is 0 Å². The van der Waals surface area contributed by atoms with Gasteiger partial charge in [0.1, 0.15) is 5.56 Å². The maximum Gasteiger partial charge on any atom is 0.289 e. The van der Waals surface area contributed by atoms with Gasteiger partial charge in [-0.15, -0.1) is 0 Å². The van der Waals surface area contributed by atoms with Gasteiger partial charge in [0.25, 0.3) is 11.8 Å². The van der Waals surface area contributed by atoms with Gasteiger partial charge < -0.3 is 18.7 Å². The molecule has 7 nitrogen and oxygen atoms in total. The zero-order chi connectivity index (χ0) is 18.8. The van der Waals surface area contributed by atoms with Crippen molar-refractivity contribution in [3.63, 3.8) is 0 Å². The molecule has 1 aromatic carbocycles. The average Bonchev–Trinajstić information content (AvgIpc) is 3.40. The van der Waals surface area contributed by atoms with Crippen molar-refractivity contribution >= 4 is 11.8 Å². The zero-order valence-corrected chi connectivity index (χ0v) is 14.9. The third-order valence-electron chi connectivity index (χ3n) is 4.70. The number of furan rings is 1. The van der Waals surface area contributed by atoms with E-state index in [0.29, 0.717) is 43.3 Å². The lowest BCUT2D eigenvalue weighted by molar-refractivity contribution is 0.0518. The predicted molar refractivity (Wildman–Crippen MR) is 97.2 cm³/mol. The van der Waals surface area contributed by atoms with E-state index >= 15 is 0 Å². The lowest BCUT2D eigenvalue weighted by Gasteiger charge is -2.34. The van der Waals surface area contributed by atoms with Gasteiger partial charge in [0.15, 0.2) is 11.5 Å². The van der Waals surface area contributed by atoms with Crippen LogP contribution in [0.15, 0.2) is 57.8 Å². The van der Waals surface area contributed by atoms with Crippen molar-refractivity contribution in [2.24, 2.45) is 0 Å². The summed E-state index contributed by atoms with van der Waals surface area (Å²) in [6, 6.07) is 11.1. The van der Waals surface area contributed by atoms with Crippen LogP contribution in [0.2, 0.25) is 0 Å². The van der Waals surface area contributed by atoms with Gasteiger partial charge in [-0.05, 0) is 19.1 Å². The maximum absolute atomic E-state index is 12.9. The first-order valence-corrected chi connectivity index (χ1v) is 8.77. The number of aromatic nitrogens is 1. The second-order valence-corrected chi connectivity index (χ2v) is 6.50. The fraction of sp³-hybridized carbons (Fsp3) is 0.250.